The van der Waals surface area contributed by atoms with Gasteiger partial charge in [0.2, 0.25) is 5.16 Å². The van der Waals surface area contributed by atoms with Gasteiger partial charge in [0.1, 0.15) is 12.1 Å². The third kappa shape index (κ3) is 3.05. The van der Waals surface area contributed by atoms with Crippen LogP contribution < -0.4 is 4.74 Å². The molecule has 0 aliphatic rings. The number of carbonyl (C=O) groups excluding carboxylic acids is 1. The summed E-state index contributed by atoms with van der Waals surface area (Å²) in [7, 11) is 0.202. The number of hydrogen-bond donors (Lipinski definition) is 0. The van der Waals surface area contributed by atoms with Gasteiger partial charge in [-0.15, -0.1) is 10.2 Å². The van der Waals surface area contributed by atoms with Crippen molar-refractivity contribution in [3.8, 4) is 5.75 Å². The van der Waals surface area contributed by atoms with Crippen LogP contribution in [0.3, 0.4) is 0 Å². The number of rotatable bonds is 5. The maximum Gasteiger partial charge on any atom is 0.221 e. The largest absolute Gasteiger partial charge is 0.495 e. The summed E-state index contributed by atoms with van der Waals surface area (Å²) in [6.07, 6.45) is 2.86. The van der Waals surface area contributed by atoms with E-state index in [1.54, 1.807) is 12.1 Å². The number of Topliss-reactive ketones (excluding diaryl/α,β-unsaturated/α-hetero) is 1. The lowest BCUT2D eigenvalue weighted by molar-refractivity contribution is 0.0969. The van der Waals surface area contributed by atoms with Gasteiger partial charge in [-0.2, -0.15) is 0 Å². The molecule has 8 heteroatoms. The molecular weight excluding hydrogens is 302 g/mol. The highest BCUT2D eigenvalue weighted by Gasteiger charge is 2.14. The normalized spacial score (nSPS) is 12.2. The van der Waals surface area contributed by atoms with Crippen molar-refractivity contribution in [2.24, 2.45) is 0 Å². The molecule has 6 nitrogen and oxygen atoms in total. The summed E-state index contributed by atoms with van der Waals surface area (Å²) < 4.78 is 17.9. The van der Waals surface area contributed by atoms with E-state index in [1.165, 1.54) is 30.3 Å². The van der Waals surface area contributed by atoms with Gasteiger partial charge in [-0.1, -0.05) is 11.6 Å². The Morgan fingerprint density at radius 2 is 2.25 bits per heavy atom. The standard InChI is InChI=1S/C12H12ClN3O3S/c1-19-11-4-3-8(5-9(11)13)10(17)6-16-7-14-15-12(16)20(2)18/h3-5,7H,6H2,1-2H3/t20-/m1/s1. The zero-order chi connectivity index (χ0) is 14.7. The summed E-state index contributed by atoms with van der Waals surface area (Å²) in [5, 5.41) is 8.00. The van der Waals surface area contributed by atoms with Crippen molar-refractivity contribution in [3.05, 3.63) is 35.1 Å². The van der Waals surface area contributed by atoms with Gasteiger partial charge in [-0.25, -0.2) is 0 Å². The summed E-state index contributed by atoms with van der Waals surface area (Å²) >= 11 is 5.98. The van der Waals surface area contributed by atoms with Crippen molar-refractivity contribution in [2.75, 3.05) is 13.4 Å². The number of carbonyl (C=O) groups is 1. The molecule has 0 spiro atoms. The molecule has 1 aromatic carbocycles. The van der Waals surface area contributed by atoms with Crippen LogP contribution in [0.1, 0.15) is 10.4 Å². The number of nitrogens with zero attached hydrogens (tertiary/aromatic N) is 3. The van der Waals surface area contributed by atoms with E-state index in [0.29, 0.717) is 16.3 Å². The fourth-order valence-electron chi connectivity index (χ4n) is 1.66. The second-order valence-corrected chi connectivity index (χ2v) is 5.65. The second kappa shape index (κ2) is 6.15. The predicted octanol–water partition coefficient (Wildman–Crippen LogP) is 1.56. The number of benzene rings is 1. The van der Waals surface area contributed by atoms with E-state index in [2.05, 4.69) is 10.2 Å². The van der Waals surface area contributed by atoms with E-state index in [0.717, 1.165) is 0 Å². The van der Waals surface area contributed by atoms with E-state index in [-0.39, 0.29) is 17.5 Å². The van der Waals surface area contributed by atoms with Crippen LogP contribution in [-0.2, 0) is 17.3 Å². The summed E-state index contributed by atoms with van der Waals surface area (Å²) in [4.78, 5) is 12.2. The maximum atomic E-state index is 12.2. The third-order valence-corrected chi connectivity index (χ3v) is 3.75. The van der Waals surface area contributed by atoms with Gasteiger partial charge in [0.15, 0.2) is 5.78 Å². The Kier molecular flexibility index (Phi) is 4.51. The summed E-state index contributed by atoms with van der Waals surface area (Å²) in [6, 6.07) is 4.79. The summed E-state index contributed by atoms with van der Waals surface area (Å²) in [6.45, 7) is 0.00453. The van der Waals surface area contributed by atoms with Crippen molar-refractivity contribution >= 4 is 28.2 Å². The van der Waals surface area contributed by atoms with E-state index >= 15 is 0 Å². The lowest BCUT2D eigenvalue weighted by Crippen LogP contribution is -2.13. The van der Waals surface area contributed by atoms with E-state index in [1.807, 2.05) is 0 Å². The minimum absolute atomic E-state index is 0.00453. The van der Waals surface area contributed by atoms with Crippen LogP contribution in [0.4, 0.5) is 0 Å². The monoisotopic (exact) mass is 313 g/mol. The maximum absolute atomic E-state index is 12.2. The fourth-order valence-corrected chi connectivity index (χ4v) is 2.52. The van der Waals surface area contributed by atoms with Gasteiger partial charge in [-0.3, -0.25) is 13.6 Å². The number of aromatic nitrogens is 3. The average molecular weight is 314 g/mol. The highest BCUT2D eigenvalue weighted by atomic mass is 35.5. The molecule has 0 bridgehead atoms. The Morgan fingerprint density at radius 1 is 1.50 bits per heavy atom. The number of methoxy groups -OCH3 is 1. The predicted molar refractivity (Wildman–Crippen MR) is 74.7 cm³/mol. The SMILES string of the molecule is COc1ccc(C(=O)Cn2cnnc2[S@@](C)=O)cc1Cl. The second-order valence-electron chi connectivity index (χ2n) is 3.97. The average Bonchev–Trinajstić information content (AvgIpc) is 2.86. The lowest BCUT2D eigenvalue weighted by atomic mass is 10.1. The molecule has 0 radical (unpaired) electrons. The molecule has 0 fully saturated rings. The van der Waals surface area contributed by atoms with Crippen LogP contribution in [0.5, 0.6) is 5.75 Å². The molecule has 0 saturated carbocycles. The molecule has 2 rings (SSSR count). The lowest BCUT2D eigenvalue weighted by Gasteiger charge is -2.07. The van der Waals surface area contributed by atoms with E-state index in [4.69, 9.17) is 16.3 Å². The van der Waals surface area contributed by atoms with Gasteiger partial charge in [0, 0.05) is 11.8 Å². The quantitative estimate of drug-likeness (QED) is 0.783. The Hall–Kier alpha value is -1.73. The first kappa shape index (κ1) is 14.7. The molecule has 0 saturated heterocycles. The molecule has 1 aromatic heterocycles. The Bertz CT molecular complexity index is 672. The van der Waals surface area contributed by atoms with Crippen LogP contribution in [0.2, 0.25) is 5.02 Å². The number of ketones is 1. The highest BCUT2D eigenvalue weighted by Crippen LogP contribution is 2.25. The van der Waals surface area contributed by atoms with Gasteiger partial charge in [-0.05, 0) is 18.2 Å². The molecule has 2 aromatic rings. The smallest absolute Gasteiger partial charge is 0.221 e. The highest BCUT2D eigenvalue weighted by molar-refractivity contribution is 7.84. The first-order valence-electron chi connectivity index (χ1n) is 5.61. The molecule has 0 N–H and O–H groups in total. The fraction of sp³-hybridized carbons (Fsp3) is 0.250. The number of halogens is 1. The molecule has 20 heavy (non-hydrogen) atoms. The molecule has 0 aliphatic heterocycles. The molecular formula is C12H12ClN3O3S. The van der Waals surface area contributed by atoms with Crippen LogP contribution in [0.25, 0.3) is 0 Å². The van der Waals surface area contributed by atoms with E-state index < -0.39 is 10.8 Å². The number of hydrogen-bond acceptors (Lipinski definition) is 5. The van der Waals surface area contributed by atoms with Crippen LogP contribution in [0.15, 0.2) is 29.7 Å². The van der Waals surface area contributed by atoms with Crippen LogP contribution in [-0.4, -0.2) is 38.1 Å². The van der Waals surface area contributed by atoms with Crippen LogP contribution in [0, 0.1) is 0 Å². The van der Waals surface area contributed by atoms with E-state index in [9.17, 15) is 9.00 Å². The van der Waals surface area contributed by atoms with Gasteiger partial charge >= 0.3 is 0 Å². The molecule has 0 amide bonds. The molecule has 1 heterocycles. The number of ether oxygens (including phenoxy) is 1. The summed E-state index contributed by atoms with van der Waals surface area (Å²) in [5.41, 5.74) is 0.442. The van der Waals surface area contributed by atoms with Gasteiger partial charge in [0.05, 0.1) is 29.5 Å². The van der Waals surface area contributed by atoms with Crippen molar-refractivity contribution in [3.63, 3.8) is 0 Å². The zero-order valence-corrected chi connectivity index (χ0v) is 12.4. The minimum atomic E-state index is -1.30. The molecule has 0 aliphatic carbocycles. The minimum Gasteiger partial charge on any atom is -0.495 e. The molecule has 106 valence electrons. The zero-order valence-electron chi connectivity index (χ0n) is 10.9. The van der Waals surface area contributed by atoms with Crippen molar-refractivity contribution in [2.45, 2.75) is 11.7 Å². The van der Waals surface area contributed by atoms with Crippen molar-refractivity contribution < 1.29 is 13.7 Å². The van der Waals surface area contributed by atoms with Crippen molar-refractivity contribution in [1.82, 2.24) is 14.8 Å². The summed E-state index contributed by atoms with van der Waals surface area (Å²) in [5.74, 6) is 0.323. The van der Waals surface area contributed by atoms with Gasteiger partial charge < -0.3 is 4.74 Å². The Balaban J connectivity index is 2.22. The third-order valence-electron chi connectivity index (χ3n) is 2.62. The Labute approximate surface area is 123 Å². The van der Waals surface area contributed by atoms with Gasteiger partial charge in [0.25, 0.3) is 0 Å². The Morgan fingerprint density at radius 3 is 2.85 bits per heavy atom. The van der Waals surface area contributed by atoms with Crippen LogP contribution >= 0.6 is 11.6 Å². The first-order chi connectivity index (χ1) is 9.52. The first-order valence-corrected chi connectivity index (χ1v) is 7.54. The molecule has 0 unspecified atom stereocenters. The molecule has 1 atom stereocenters. The van der Waals surface area contributed by atoms with Crippen molar-refractivity contribution in [1.29, 1.82) is 0 Å². The topological polar surface area (TPSA) is 74.1 Å².